The maximum absolute atomic E-state index is 13.6. The van der Waals surface area contributed by atoms with E-state index in [0.29, 0.717) is 29.1 Å². The molecular formula is C24H24ClN3O3. The number of hydrogen-bond donors (Lipinski definition) is 2. The van der Waals surface area contributed by atoms with Crippen LogP contribution >= 0.6 is 11.6 Å². The summed E-state index contributed by atoms with van der Waals surface area (Å²) >= 11 is 6.28. The number of carbonyl (C=O) groups is 3. The molecule has 5 atom stereocenters. The number of anilines is 1. The summed E-state index contributed by atoms with van der Waals surface area (Å²) in [5, 5.41) is 6.84. The minimum absolute atomic E-state index is 0.196. The molecule has 0 bridgehead atoms. The van der Waals surface area contributed by atoms with Crippen LogP contribution < -0.4 is 10.6 Å². The van der Waals surface area contributed by atoms with E-state index in [1.165, 1.54) is 4.90 Å². The first-order chi connectivity index (χ1) is 14.9. The fourth-order valence-corrected chi connectivity index (χ4v) is 5.63. The third kappa shape index (κ3) is 2.78. The third-order valence-corrected chi connectivity index (χ3v) is 7.28. The van der Waals surface area contributed by atoms with Gasteiger partial charge in [-0.2, -0.15) is 0 Å². The first kappa shape index (κ1) is 20.2. The molecule has 2 aromatic rings. The van der Waals surface area contributed by atoms with Crippen molar-refractivity contribution in [3.63, 3.8) is 0 Å². The highest BCUT2D eigenvalue weighted by Crippen LogP contribution is 2.54. The van der Waals surface area contributed by atoms with Crippen LogP contribution in [-0.2, 0) is 26.3 Å². The minimum atomic E-state index is -1.31. The number of nitrogens with one attached hydrogen (secondary N) is 2. The molecule has 0 aromatic heterocycles. The molecule has 2 saturated heterocycles. The van der Waals surface area contributed by atoms with Gasteiger partial charge >= 0.3 is 0 Å². The molecule has 3 aliphatic rings. The summed E-state index contributed by atoms with van der Waals surface area (Å²) in [5.74, 6) is -2.20. The zero-order valence-electron chi connectivity index (χ0n) is 17.4. The summed E-state index contributed by atoms with van der Waals surface area (Å²) in [5.41, 5.74) is 1.01. The van der Waals surface area contributed by atoms with Crippen molar-refractivity contribution in [1.82, 2.24) is 10.2 Å². The lowest BCUT2D eigenvalue weighted by Gasteiger charge is -2.31. The van der Waals surface area contributed by atoms with Gasteiger partial charge in [0.05, 0.1) is 11.8 Å². The fraction of sp³-hybridized carbons (Fsp3) is 0.375. The Morgan fingerprint density at radius 2 is 1.84 bits per heavy atom. The lowest BCUT2D eigenvalue weighted by atomic mass is 9.76. The van der Waals surface area contributed by atoms with Crippen molar-refractivity contribution in [3.8, 4) is 0 Å². The standard InChI is InChI=1S/C24H24ClN3O3/c1-3-13(2)28-21(29)19-18(11-14-7-5-4-6-8-14)27-24(20(19)22(28)30)16-12-15(25)9-10-17(16)26-23(24)31/h4-10,12-13,18-20,27H,3,11H2,1-2H3,(H,26,31)/t13?,18?,19-,20+,24?/m1/s1. The van der Waals surface area contributed by atoms with Gasteiger partial charge in [-0.1, -0.05) is 48.9 Å². The maximum Gasteiger partial charge on any atom is 0.250 e. The molecule has 3 amide bonds. The minimum Gasteiger partial charge on any atom is -0.324 e. The molecule has 7 heteroatoms. The van der Waals surface area contributed by atoms with Gasteiger partial charge in [0.25, 0.3) is 0 Å². The van der Waals surface area contributed by atoms with E-state index in [4.69, 9.17) is 11.6 Å². The molecule has 0 aliphatic carbocycles. The molecule has 3 unspecified atom stereocenters. The van der Waals surface area contributed by atoms with Gasteiger partial charge in [-0.25, -0.2) is 0 Å². The topological polar surface area (TPSA) is 78.5 Å². The highest BCUT2D eigenvalue weighted by Gasteiger charge is 2.70. The molecule has 0 radical (unpaired) electrons. The number of hydrogen-bond acceptors (Lipinski definition) is 4. The molecule has 6 nitrogen and oxygen atoms in total. The summed E-state index contributed by atoms with van der Waals surface area (Å²) < 4.78 is 0. The predicted molar refractivity (Wildman–Crippen MR) is 117 cm³/mol. The number of rotatable bonds is 4. The Morgan fingerprint density at radius 3 is 2.55 bits per heavy atom. The van der Waals surface area contributed by atoms with Crippen molar-refractivity contribution in [2.45, 2.75) is 44.3 Å². The zero-order valence-corrected chi connectivity index (χ0v) is 18.1. The first-order valence-corrected chi connectivity index (χ1v) is 11.1. The second-order valence-corrected chi connectivity index (χ2v) is 9.14. The van der Waals surface area contributed by atoms with E-state index in [1.54, 1.807) is 18.2 Å². The van der Waals surface area contributed by atoms with E-state index in [0.717, 1.165) is 5.56 Å². The van der Waals surface area contributed by atoms with E-state index in [9.17, 15) is 14.4 Å². The third-order valence-electron chi connectivity index (χ3n) is 7.04. The number of halogens is 1. The molecule has 5 rings (SSSR count). The van der Waals surface area contributed by atoms with Crippen LogP contribution in [0.2, 0.25) is 5.02 Å². The van der Waals surface area contributed by atoms with Crippen molar-refractivity contribution in [3.05, 3.63) is 64.7 Å². The Balaban J connectivity index is 1.66. The lowest BCUT2D eigenvalue weighted by Crippen LogP contribution is -2.54. The molecule has 1 spiro atoms. The Bertz CT molecular complexity index is 1090. The van der Waals surface area contributed by atoms with Crippen LogP contribution in [-0.4, -0.2) is 34.7 Å². The van der Waals surface area contributed by atoms with Crippen LogP contribution in [0.1, 0.15) is 31.4 Å². The summed E-state index contributed by atoms with van der Waals surface area (Å²) in [6, 6.07) is 14.4. The number of nitrogens with zero attached hydrogens (tertiary/aromatic N) is 1. The van der Waals surface area contributed by atoms with Gasteiger partial charge in [-0.15, -0.1) is 0 Å². The quantitative estimate of drug-likeness (QED) is 0.720. The SMILES string of the molecule is CCC(C)N1C(=O)[C@@H]2C(Cc3ccccc3)NC3(C(=O)Nc4ccc(Cl)cc43)[C@@H]2C1=O. The van der Waals surface area contributed by atoms with Gasteiger partial charge in [0.2, 0.25) is 17.7 Å². The van der Waals surface area contributed by atoms with Gasteiger partial charge < -0.3 is 5.32 Å². The van der Waals surface area contributed by atoms with Crippen LogP contribution in [0.15, 0.2) is 48.5 Å². The van der Waals surface area contributed by atoms with Gasteiger partial charge in [0.15, 0.2) is 0 Å². The lowest BCUT2D eigenvalue weighted by molar-refractivity contribution is -0.145. The van der Waals surface area contributed by atoms with Gasteiger partial charge in [-0.05, 0) is 43.5 Å². The van der Waals surface area contributed by atoms with Crippen molar-refractivity contribution in [2.24, 2.45) is 11.8 Å². The normalized spacial score (nSPS) is 30.0. The van der Waals surface area contributed by atoms with Gasteiger partial charge in [0, 0.05) is 28.4 Å². The Hall–Kier alpha value is -2.70. The fourth-order valence-electron chi connectivity index (χ4n) is 5.46. The molecule has 160 valence electrons. The average molecular weight is 438 g/mol. The second-order valence-electron chi connectivity index (χ2n) is 8.70. The number of amides is 3. The largest absolute Gasteiger partial charge is 0.324 e. The van der Waals surface area contributed by atoms with E-state index in [1.807, 2.05) is 44.2 Å². The summed E-state index contributed by atoms with van der Waals surface area (Å²) in [4.78, 5) is 42.0. The Morgan fingerprint density at radius 1 is 1.10 bits per heavy atom. The molecule has 2 aromatic carbocycles. The van der Waals surface area contributed by atoms with Crippen LogP contribution in [0.4, 0.5) is 5.69 Å². The maximum atomic E-state index is 13.6. The molecule has 2 N–H and O–H groups in total. The van der Waals surface area contributed by atoms with Crippen molar-refractivity contribution in [2.75, 3.05) is 5.32 Å². The number of carbonyl (C=O) groups excluding carboxylic acids is 3. The van der Waals surface area contributed by atoms with Crippen LogP contribution in [0.3, 0.4) is 0 Å². The van der Waals surface area contributed by atoms with Crippen LogP contribution in [0.5, 0.6) is 0 Å². The highest BCUT2D eigenvalue weighted by atomic mass is 35.5. The van der Waals surface area contributed by atoms with Crippen LogP contribution in [0.25, 0.3) is 0 Å². The Labute approximate surface area is 185 Å². The van der Waals surface area contributed by atoms with Gasteiger partial charge in [0.1, 0.15) is 5.54 Å². The van der Waals surface area contributed by atoms with Crippen molar-refractivity contribution in [1.29, 1.82) is 0 Å². The summed E-state index contributed by atoms with van der Waals surface area (Å²) in [7, 11) is 0. The van der Waals surface area contributed by atoms with E-state index >= 15 is 0 Å². The highest BCUT2D eigenvalue weighted by molar-refractivity contribution is 6.31. The van der Waals surface area contributed by atoms with Crippen molar-refractivity contribution >= 4 is 35.0 Å². The zero-order chi connectivity index (χ0) is 21.9. The average Bonchev–Trinajstić information content (AvgIpc) is 3.33. The Kier molecular flexibility index (Phi) is 4.68. The molecule has 3 aliphatic heterocycles. The molecule has 0 saturated carbocycles. The number of likely N-dealkylation sites (tertiary alicyclic amines) is 1. The number of benzene rings is 2. The monoisotopic (exact) mass is 437 g/mol. The molecule has 31 heavy (non-hydrogen) atoms. The van der Waals surface area contributed by atoms with E-state index < -0.39 is 17.4 Å². The summed E-state index contributed by atoms with van der Waals surface area (Å²) in [6.45, 7) is 3.83. The molecule has 2 fully saturated rings. The van der Waals surface area contributed by atoms with E-state index in [2.05, 4.69) is 10.6 Å². The number of imide groups is 1. The summed E-state index contributed by atoms with van der Waals surface area (Å²) in [6.07, 6.45) is 1.20. The predicted octanol–water partition coefficient (Wildman–Crippen LogP) is 3.10. The molecule has 3 heterocycles. The number of fused-ring (bicyclic) bond motifs is 4. The van der Waals surface area contributed by atoms with Crippen molar-refractivity contribution < 1.29 is 14.4 Å². The van der Waals surface area contributed by atoms with E-state index in [-0.39, 0.29) is 29.8 Å². The smallest absolute Gasteiger partial charge is 0.250 e. The van der Waals surface area contributed by atoms with Crippen LogP contribution in [0, 0.1) is 11.8 Å². The van der Waals surface area contributed by atoms with Gasteiger partial charge in [-0.3, -0.25) is 24.6 Å². The molecular weight excluding hydrogens is 414 g/mol. The second kappa shape index (κ2) is 7.18. The first-order valence-electron chi connectivity index (χ1n) is 10.7.